The number of benzene rings is 1. The smallest absolute Gasteiger partial charge is 0.158 e. The fraction of sp³-hybridized carbons (Fsp3) is 0.308. The lowest BCUT2D eigenvalue weighted by Crippen LogP contribution is -2.10. The van der Waals surface area contributed by atoms with Gasteiger partial charge in [-0.25, -0.2) is 0 Å². The highest BCUT2D eigenvalue weighted by Gasteiger charge is 2.13. The predicted molar refractivity (Wildman–Crippen MR) is 84.8 cm³/mol. The number of rotatable bonds is 4. The third-order valence-electron chi connectivity index (χ3n) is 2.53. The minimum Gasteiger partial charge on any atom is -0.490 e. The maximum absolute atomic E-state index is 6.20. The van der Waals surface area contributed by atoms with Crippen molar-refractivity contribution in [2.75, 3.05) is 12.5 Å². The zero-order valence-corrected chi connectivity index (χ0v) is 13.5. The number of fused-ring (bicyclic) bond motifs is 1. The molecule has 0 saturated carbocycles. The molecule has 0 N–H and O–H groups in total. The Morgan fingerprint density at radius 2 is 2.28 bits per heavy atom. The Bertz CT molecular complexity index is 562. The molecule has 5 heteroatoms. The molecule has 0 bridgehead atoms. The van der Waals surface area contributed by atoms with E-state index in [2.05, 4.69) is 27.6 Å². The van der Waals surface area contributed by atoms with Gasteiger partial charge in [0.15, 0.2) is 5.75 Å². The van der Waals surface area contributed by atoms with E-state index >= 15 is 0 Å². The van der Waals surface area contributed by atoms with Gasteiger partial charge in [-0.15, -0.1) is 11.6 Å². The highest BCUT2D eigenvalue weighted by molar-refractivity contribution is 14.1. The fourth-order valence-corrected chi connectivity index (χ4v) is 2.81. The predicted octanol–water partition coefficient (Wildman–Crippen LogP) is 4.75. The molecular formula is C13H12Cl2INO. The van der Waals surface area contributed by atoms with Crippen molar-refractivity contribution in [2.24, 2.45) is 5.92 Å². The topological polar surface area (TPSA) is 22.1 Å². The van der Waals surface area contributed by atoms with Crippen molar-refractivity contribution in [1.82, 2.24) is 4.98 Å². The molecule has 0 aliphatic heterocycles. The zero-order chi connectivity index (χ0) is 13.1. The molecule has 1 aromatic heterocycles. The minimum atomic E-state index is 0.303. The summed E-state index contributed by atoms with van der Waals surface area (Å²) in [5.41, 5.74) is 0.802. The Morgan fingerprint density at radius 3 is 3.00 bits per heavy atom. The Balaban J connectivity index is 2.43. The fourth-order valence-electron chi connectivity index (χ4n) is 1.55. The average Bonchev–Trinajstić information content (AvgIpc) is 2.38. The SMILES string of the molecule is CC(CCl)COc1c(I)cc(Cl)c2cccnc12. The number of pyridine rings is 1. The maximum atomic E-state index is 6.20. The van der Waals surface area contributed by atoms with E-state index in [1.54, 1.807) is 6.20 Å². The Morgan fingerprint density at radius 1 is 1.50 bits per heavy atom. The highest BCUT2D eigenvalue weighted by atomic mass is 127. The molecule has 0 fully saturated rings. The molecule has 0 amide bonds. The molecule has 0 aliphatic rings. The van der Waals surface area contributed by atoms with Gasteiger partial charge in [-0.05, 0) is 40.8 Å². The van der Waals surface area contributed by atoms with Gasteiger partial charge in [0.2, 0.25) is 0 Å². The molecule has 2 rings (SSSR count). The van der Waals surface area contributed by atoms with E-state index < -0.39 is 0 Å². The van der Waals surface area contributed by atoms with E-state index in [0.717, 1.165) is 20.2 Å². The number of alkyl halides is 1. The van der Waals surface area contributed by atoms with Crippen LogP contribution in [0, 0.1) is 9.49 Å². The molecule has 1 heterocycles. The lowest BCUT2D eigenvalue weighted by atomic mass is 10.2. The number of halogens is 3. The summed E-state index contributed by atoms with van der Waals surface area (Å²) in [6, 6.07) is 5.71. The molecule has 1 atom stereocenters. The standard InChI is InChI=1S/C13H12Cl2INO/c1-8(6-14)7-18-13-11(16)5-10(15)9-3-2-4-17-12(9)13/h2-5,8H,6-7H2,1H3. The van der Waals surface area contributed by atoms with E-state index in [1.165, 1.54) is 0 Å². The normalized spacial score (nSPS) is 12.7. The second kappa shape index (κ2) is 6.26. The number of hydrogen-bond donors (Lipinski definition) is 0. The minimum absolute atomic E-state index is 0.303. The molecule has 96 valence electrons. The van der Waals surface area contributed by atoms with E-state index in [-0.39, 0.29) is 0 Å². The van der Waals surface area contributed by atoms with E-state index in [4.69, 9.17) is 27.9 Å². The van der Waals surface area contributed by atoms with Gasteiger partial charge >= 0.3 is 0 Å². The third-order valence-corrected chi connectivity index (χ3v) is 4.17. The molecule has 0 saturated heterocycles. The first-order valence-electron chi connectivity index (χ1n) is 5.55. The first-order chi connectivity index (χ1) is 8.63. The van der Waals surface area contributed by atoms with Crippen LogP contribution >= 0.6 is 45.8 Å². The van der Waals surface area contributed by atoms with E-state index in [1.807, 2.05) is 25.1 Å². The van der Waals surface area contributed by atoms with Gasteiger partial charge in [0.25, 0.3) is 0 Å². The van der Waals surface area contributed by atoms with Crippen LogP contribution in [0.3, 0.4) is 0 Å². The summed E-state index contributed by atoms with van der Waals surface area (Å²) in [5.74, 6) is 1.67. The zero-order valence-electron chi connectivity index (χ0n) is 9.79. The van der Waals surface area contributed by atoms with Crippen LogP contribution in [0.2, 0.25) is 5.02 Å². The van der Waals surface area contributed by atoms with Crippen molar-refractivity contribution < 1.29 is 4.74 Å². The van der Waals surface area contributed by atoms with Crippen molar-refractivity contribution in [3.8, 4) is 5.75 Å². The number of nitrogens with zero attached hydrogens (tertiary/aromatic N) is 1. The van der Waals surface area contributed by atoms with Crippen LogP contribution in [0.15, 0.2) is 24.4 Å². The van der Waals surface area contributed by atoms with Gasteiger partial charge < -0.3 is 4.74 Å². The molecule has 18 heavy (non-hydrogen) atoms. The summed E-state index contributed by atoms with van der Waals surface area (Å²) >= 11 is 14.2. The summed E-state index contributed by atoms with van der Waals surface area (Å²) in [6.07, 6.45) is 1.74. The summed E-state index contributed by atoms with van der Waals surface area (Å²) < 4.78 is 6.81. The number of aromatic nitrogens is 1. The molecule has 0 spiro atoms. The molecule has 1 unspecified atom stereocenters. The molecule has 0 aliphatic carbocycles. The molecule has 2 nitrogen and oxygen atoms in total. The molecule has 1 aromatic carbocycles. The van der Waals surface area contributed by atoms with Crippen LogP contribution in [-0.4, -0.2) is 17.5 Å². The average molecular weight is 396 g/mol. The van der Waals surface area contributed by atoms with Crippen LogP contribution < -0.4 is 4.74 Å². The van der Waals surface area contributed by atoms with Crippen molar-refractivity contribution >= 4 is 56.7 Å². The summed E-state index contributed by atoms with van der Waals surface area (Å²) in [6.45, 7) is 2.62. The summed E-state index contributed by atoms with van der Waals surface area (Å²) in [5, 5.41) is 1.60. The first kappa shape index (κ1) is 14.2. The van der Waals surface area contributed by atoms with Crippen molar-refractivity contribution in [3.63, 3.8) is 0 Å². The second-order valence-corrected chi connectivity index (χ2v) is 6.02. The highest BCUT2D eigenvalue weighted by Crippen LogP contribution is 2.34. The van der Waals surface area contributed by atoms with E-state index in [0.29, 0.717) is 23.4 Å². The van der Waals surface area contributed by atoms with Crippen molar-refractivity contribution in [2.45, 2.75) is 6.92 Å². The quantitative estimate of drug-likeness (QED) is 0.550. The van der Waals surface area contributed by atoms with Crippen LogP contribution in [0.4, 0.5) is 0 Å². The molecule has 0 radical (unpaired) electrons. The van der Waals surface area contributed by atoms with Gasteiger partial charge in [-0.3, -0.25) is 4.98 Å². The van der Waals surface area contributed by atoms with Crippen LogP contribution in [0.25, 0.3) is 10.9 Å². The number of ether oxygens (including phenoxy) is 1. The van der Waals surface area contributed by atoms with Gasteiger partial charge in [-0.2, -0.15) is 0 Å². The Hall–Kier alpha value is -0.260. The maximum Gasteiger partial charge on any atom is 0.158 e. The van der Waals surface area contributed by atoms with Crippen LogP contribution in [0.1, 0.15) is 6.92 Å². The van der Waals surface area contributed by atoms with Crippen LogP contribution in [0.5, 0.6) is 5.75 Å². The lowest BCUT2D eigenvalue weighted by Gasteiger charge is -2.14. The largest absolute Gasteiger partial charge is 0.490 e. The first-order valence-corrected chi connectivity index (χ1v) is 7.54. The Kier molecular flexibility index (Phi) is 4.92. The molecular weight excluding hydrogens is 384 g/mol. The van der Waals surface area contributed by atoms with Gasteiger partial charge in [0.05, 0.1) is 15.2 Å². The van der Waals surface area contributed by atoms with Gasteiger partial charge in [0, 0.05) is 23.4 Å². The monoisotopic (exact) mass is 395 g/mol. The second-order valence-electron chi connectivity index (χ2n) is 4.14. The van der Waals surface area contributed by atoms with Crippen molar-refractivity contribution in [3.05, 3.63) is 33.0 Å². The van der Waals surface area contributed by atoms with Crippen LogP contribution in [-0.2, 0) is 0 Å². The van der Waals surface area contributed by atoms with Crippen molar-refractivity contribution in [1.29, 1.82) is 0 Å². The summed E-state index contributed by atoms with van der Waals surface area (Å²) in [7, 11) is 0. The molecule has 2 aromatic rings. The third kappa shape index (κ3) is 3.00. The lowest BCUT2D eigenvalue weighted by molar-refractivity contribution is 0.273. The Labute approximate surface area is 130 Å². The van der Waals surface area contributed by atoms with Gasteiger partial charge in [0.1, 0.15) is 5.52 Å². The summed E-state index contributed by atoms with van der Waals surface area (Å²) in [4.78, 5) is 4.36. The number of hydrogen-bond acceptors (Lipinski definition) is 2. The van der Waals surface area contributed by atoms with Gasteiger partial charge in [-0.1, -0.05) is 18.5 Å². The van der Waals surface area contributed by atoms with E-state index in [9.17, 15) is 0 Å².